The minimum absolute atomic E-state index is 0.179. The number of halogens is 1. The van der Waals surface area contributed by atoms with Crippen LogP contribution in [0, 0.1) is 0 Å². The van der Waals surface area contributed by atoms with Gasteiger partial charge in [-0.1, -0.05) is 48.5 Å². The molecule has 1 aliphatic rings. The Labute approximate surface area is 146 Å². The molecule has 0 fully saturated rings. The van der Waals surface area contributed by atoms with E-state index in [0.717, 1.165) is 29.4 Å². The van der Waals surface area contributed by atoms with E-state index in [1.165, 1.54) is 19.8 Å². The Kier molecular flexibility index (Phi) is 5.98. The van der Waals surface area contributed by atoms with Crippen molar-refractivity contribution in [1.29, 1.82) is 0 Å². The normalized spacial score (nSPS) is 20.0. The Hall–Kier alpha value is -1.20. The first kappa shape index (κ1) is 18.1. The molecule has 2 rings (SSSR count). The van der Waals surface area contributed by atoms with Crippen LogP contribution in [0.1, 0.15) is 57.9 Å². The maximum absolute atomic E-state index is 12.8. The van der Waals surface area contributed by atoms with Gasteiger partial charge in [-0.3, -0.25) is 9.59 Å². The molecular formula is C18H24BrNO3. The third-order valence-electron chi connectivity index (χ3n) is 4.28. The average Bonchev–Trinajstić information content (AvgIpc) is 2.68. The summed E-state index contributed by atoms with van der Waals surface area (Å²) in [4.78, 5) is 25.9. The van der Waals surface area contributed by atoms with Gasteiger partial charge in [-0.15, -0.1) is 0 Å². The van der Waals surface area contributed by atoms with Crippen LogP contribution in [0.25, 0.3) is 0 Å². The highest BCUT2D eigenvalue weighted by Crippen LogP contribution is 2.43. The molecule has 0 radical (unpaired) electrons. The van der Waals surface area contributed by atoms with Gasteiger partial charge < -0.3 is 10.0 Å². The second-order valence-electron chi connectivity index (χ2n) is 6.27. The van der Waals surface area contributed by atoms with Crippen molar-refractivity contribution in [3.05, 3.63) is 28.2 Å². The predicted molar refractivity (Wildman–Crippen MR) is 94.4 cm³/mol. The second kappa shape index (κ2) is 7.58. The molecule has 1 aromatic rings. The van der Waals surface area contributed by atoms with Crippen LogP contribution in [-0.4, -0.2) is 23.3 Å². The molecule has 126 valence electrons. The van der Waals surface area contributed by atoms with Crippen molar-refractivity contribution in [2.45, 2.75) is 58.0 Å². The molecule has 5 heteroatoms. The molecule has 1 heterocycles. The van der Waals surface area contributed by atoms with Crippen LogP contribution in [0.2, 0.25) is 0 Å². The fourth-order valence-corrected chi connectivity index (χ4v) is 3.51. The molecule has 1 unspecified atom stereocenters. The lowest BCUT2D eigenvalue weighted by Gasteiger charge is -2.22. The molecule has 4 nitrogen and oxygen atoms in total. The molecule has 1 N–H and O–H groups in total. The van der Waals surface area contributed by atoms with Crippen LogP contribution in [0.3, 0.4) is 0 Å². The number of rotatable bonds is 8. The van der Waals surface area contributed by atoms with Crippen molar-refractivity contribution in [2.75, 3.05) is 11.4 Å². The molecule has 0 aliphatic carbocycles. The van der Waals surface area contributed by atoms with Crippen LogP contribution >= 0.6 is 15.9 Å². The second-order valence-corrected chi connectivity index (χ2v) is 7.19. The average molecular weight is 382 g/mol. The van der Waals surface area contributed by atoms with Gasteiger partial charge in [0.15, 0.2) is 5.60 Å². The minimum atomic E-state index is -1.73. The Bertz CT molecular complexity index is 602. The van der Waals surface area contributed by atoms with Gasteiger partial charge >= 0.3 is 0 Å². The lowest BCUT2D eigenvalue weighted by atomic mass is 9.90. The number of carbonyl (C=O) groups is 2. The van der Waals surface area contributed by atoms with E-state index in [0.29, 0.717) is 12.1 Å². The topological polar surface area (TPSA) is 57.6 Å². The van der Waals surface area contributed by atoms with E-state index >= 15 is 0 Å². The van der Waals surface area contributed by atoms with E-state index in [1.54, 1.807) is 11.0 Å². The quantitative estimate of drug-likeness (QED) is 0.693. The van der Waals surface area contributed by atoms with Crippen LogP contribution in [0.15, 0.2) is 22.7 Å². The number of aliphatic hydroxyl groups is 1. The maximum Gasteiger partial charge on any atom is 0.264 e. The van der Waals surface area contributed by atoms with E-state index < -0.39 is 5.60 Å². The first-order valence-electron chi connectivity index (χ1n) is 8.24. The third-order valence-corrected chi connectivity index (χ3v) is 4.78. The molecule has 1 atom stereocenters. The molecule has 1 aromatic carbocycles. The highest BCUT2D eigenvalue weighted by Gasteiger charge is 2.50. The van der Waals surface area contributed by atoms with Gasteiger partial charge in [0.25, 0.3) is 5.91 Å². The number of Topliss-reactive ketones (excluding diaryl/α,β-unsaturated/α-hetero) is 1. The molecular weight excluding hydrogens is 358 g/mol. The van der Waals surface area contributed by atoms with Gasteiger partial charge in [-0.2, -0.15) is 0 Å². The largest absolute Gasteiger partial charge is 0.375 e. The smallest absolute Gasteiger partial charge is 0.264 e. The highest BCUT2D eigenvalue weighted by atomic mass is 79.9. The number of benzene rings is 1. The number of carbonyl (C=O) groups excluding carboxylic acids is 2. The number of unbranched alkanes of at least 4 members (excludes halogenated alkanes) is 4. The molecule has 1 amide bonds. The fraction of sp³-hybridized carbons (Fsp3) is 0.556. The van der Waals surface area contributed by atoms with E-state index in [-0.39, 0.29) is 18.1 Å². The Morgan fingerprint density at radius 3 is 2.61 bits per heavy atom. The highest BCUT2D eigenvalue weighted by molar-refractivity contribution is 9.10. The summed E-state index contributed by atoms with van der Waals surface area (Å²) in [6.45, 7) is 4.15. The van der Waals surface area contributed by atoms with Crippen LogP contribution < -0.4 is 4.90 Å². The molecule has 0 saturated heterocycles. The van der Waals surface area contributed by atoms with Crippen molar-refractivity contribution < 1.29 is 14.7 Å². The number of fused-ring (bicyclic) bond motifs is 1. The number of anilines is 1. The van der Waals surface area contributed by atoms with E-state index in [9.17, 15) is 14.7 Å². The van der Waals surface area contributed by atoms with Crippen molar-refractivity contribution in [2.24, 2.45) is 0 Å². The number of ketones is 1. The lowest BCUT2D eigenvalue weighted by molar-refractivity contribution is -0.141. The number of amides is 1. The number of nitrogens with zero attached hydrogens (tertiary/aromatic N) is 1. The monoisotopic (exact) mass is 381 g/mol. The zero-order valence-corrected chi connectivity index (χ0v) is 15.4. The molecule has 0 saturated carbocycles. The van der Waals surface area contributed by atoms with Crippen LogP contribution in [-0.2, 0) is 15.2 Å². The Morgan fingerprint density at radius 2 is 1.96 bits per heavy atom. The van der Waals surface area contributed by atoms with Gasteiger partial charge in [0, 0.05) is 23.0 Å². The van der Waals surface area contributed by atoms with E-state index in [1.807, 2.05) is 12.1 Å². The van der Waals surface area contributed by atoms with E-state index in [4.69, 9.17) is 0 Å². The van der Waals surface area contributed by atoms with Crippen molar-refractivity contribution in [1.82, 2.24) is 0 Å². The standard InChI is InChI=1S/C18H24BrNO3/c1-3-4-5-6-7-10-20-16-9-8-14(19)11-15(16)18(23,17(20)22)12-13(2)21/h8-9,11,23H,3-7,10,12H2,1-2H3. The van der Waals surface area contributed by atoms with Gasteiger partial charge in [0.05, 0.1) is 5.69 Å². The van der Waals surface area contributed by atoms with E-state index in [2.05, 4.69) is 22.9 Å². The van der Waals surface area contributed by atoms with Crippen LogP contribution in [0.5, 0.6) is 0 Å². The summed E-state index contributed by atoms with van der Waals surface area (Å²) in [5, 5.41) is 10.9. The SMILES string of the molecule is CCCCCCCN1C(=O)C(O)(CC(C)=O)c2cc(Br)ccc21. The van der Waals surface area contributed by atoms with Gasteiger partial charge in [0.2, 0.25) is 0 Å². The van der Waals surface area contributed by atoms with Gasteiger partial charge in [-0.25, -0.2) is 0 Å². The summed E-state index contributed by atoms with van der Waals surface area (Å²) >= 11 is 3.38. The first-order chi connectivity index (χ1) is 10.9. The first-order valence-corrected chi connectivity index (χ1v) is 9.03. The molecule has 0 bridgehead atoms. The summed E-state index contributed by atoms with van der Waals surface area (Å²) in [5.74, 6) is -0.576. The fourth-order valence-electron chi connectivity index (χ4n) is 3.15. The van der Waals surface area contributed by atoms with Crippen molar-refractivity contribution in [3.63, 3.8) is 0 Å². The predicted octanol–water partition coefficient (Wildman–Crippen LogP) is 3.93. The summed E-state index contributed by atoms with van der Waals surface area (Å²) in [7, 11) is 0. The molecule has 0 spiro atoms. The molecule has 1 aliphatic heterocycles. The van der Waals surface area contributed by atoms with Crippen LogP contribution in [0.4, 0.5) is 5.69 Å². The molecule has 23 heavy (non-hydrogen) atoms. The van der Waals surface area contributed by atoms with Gasteiger partial charge in [0.1, 0.15) is 5.78 Å². The van der Waals surface area contributed by atoms with Crippen molar-refractivity contribution in [3.8, 4) is 0 Å². The zero-order valence-electron chi connectivity index (χ0n) is 13.8. The Balaban J connectivity index is 2.22. The minimum Gasteiger partial charge on any atom is -0.375 e. The van der Waals surface area contributed by atoms with Crippen molar-refractivity contribution >= 4 is 33.3 Å². The molecule has 0 aromatic heterocycles. The zero-order chi connectivity index (χ0) is 17.0. The Morgan fingerprint density at radius 1 is 1.26 bits per heavy atom. The third kappa shape index (κ3) is 3.83. The maximum atomic E-state index is 12.8. The number of hydrogen-bond acceptors (Lipinski definition) is 3. The summed E-state index contributed by atoms with van der Waals surface area (Å²) < 4.78 is 0.788. The lowest BCUT2D eigenvalue weighted by Crippen LogP contribution is -2.41. The summed E-state index contributed by atoms with van der Waals surface area (Å²) in [6.07, 6.45) is 5.32. The summed E-state index contributed by atoms with van der Waals surface area (Å²) in [6, 6.07) is 5.43. The van der Waals surface area contributed by atoms with Gasteiger partial charge in [-0.05, 0) is 31.5 Å². The number of hydrogen-bond donors (Lipinski definition) is 1. The summed E-state index contributed by atoms with van der Waals surface area (Å²) in [5.41, 5.74) is -0.480.